The summed E-state index contributed by atoms with van der Waals surface area (Å²) in [6, 6.07) is 1.15. The summed E-state index contributed by atoms with van der Waals surface area (Å²) in [6.07, 6.45) is 1.75. The van der Waals surface area contributed by atoms with Gasteiger partial charge in [-0.3, -0.25) is 10.4 Å². The molecule has 1 rings (SSSR count). The van der Waals surface area contributed by atoms with Crippen LogP contribution in [0.5, 0.6) is 0 Å². The SMILES string of the molecule is CCCCN=C(NN)Nc1c(F)cc(F)cc1F. The van der Waals surface area contributed by atoms with Crippen molar-refractivity contribution in [3.63, 3.8) is 0 Å². The van der Waals surface area contributed by atoms with Crippen molar-refractivity contribution in [2.24, 2.45) is 10.8 Å². The summed E-state index contributed by atoms with van der Waals surface area (Å²) < 4.78 is 39.4. The molecule has 0 aliphatic rings. The average Bonchev–Trinajstić information content (AvgIpc) is 2.31. The highest BCUT2D eigenvalue weighted by atomic mass is 19.1. The van der Waals surface area contributed by atoms with Crippen molar-refractivity contribution >= 4 is 11.6 Å². The average molecular weight is 260 g/mol. The standard InChI is InChI=1S/C11H15F3N4/c1-2-3-4-16-11(18-15)17-10-8(13)5-7(12)6-9(10)14/h5-6H,2-4,15H2,1H3,(H2,16,17,18). The van der Waals surface area contributed by atoms with E-state index in [4.69, 9.17) is 5.84 Å². The van der Waals surface area contributed by atoms with Gasteiger partial charge in [-0.1, -0.05) is 13.3 Å². The van der Waals surface area contributed by atoms with Gasteiger partial charge in [0, 0.05) is 18.7 Å². The molecule has 0 aliphatic carbocycles. The predicted molar refractivity (Wildman–Crippen MR) is 64.5 cm³/mol. The van der Waals surface area contributed by atoms with Crippen LogP contribution in [-0.2, 0) is 0 Å². The minimum absolute atomic E-state index is 0.0212. The summed E-state index contributed by atoms with van der Waals surface area (Å²) in [5.74, 6) is 2.11. The number of halogens is 3. The monoisotopic (exact) mass is 260 g/mol. The van der Waals surface area contributed by atoms with Crippen molar-refractivity contribution in [1.29, 1.82) is 0 Å². The molecule has 7 heteroatoms. The fourth-order valence-electron chi connectivity index (χ4n) is 1.25. The third-order valence-electron chi connectivity index (χ3n) is 2.17. The number of guanidine groups is 1. The molecule has 1 aromatic carbocycles. The lowest BCUT2D eigenvalue weighted by atomic mass is 10.3. The van der Waals surface area contributed by atoms with Crippen LogP contribution in [0.25, 0.3) is 0 Å². The van der Waals surface area contributed by atoms with Crippen LogP contribution in [0.1, 0.15) is 19.8 Å². The maximum Gasteiger partial charge on any atom is 0.210 e. The maximum atomic E-state index is 13.3. The largest absolute Gasteiger partial charge is 0.320 e. The Hall–Kier alpha value is -1.76. The third-order valence-corrected chi connectivity index (χ3v) is 2.17. The van der Waals surface area contributed by atoms with E-state index < -0.39 is 23.1 Å². The van der Waals surface area contributed by atoms with E-state index in [1.54, 1.807) is 0 Å². The Balaban J connectivity index is 2.85. The summed E-state index contributed by atoms with van der Waals surface area (Å²) in [7, 11) is 0. The smallest absolute Gasteiger partial charge is 0.210 e. The summed E-state index contributed by atoms with van der Waals surface area (Å²) in [5.41, 5.74) is 1.69. The zero-order chi connectivity index (χ0) is 13.5. The van der Waals surface area contributed by atoms with Gasteiger partial charge in [0.25, 0.3) is 0 Å². The molecular formula is C11H15F3N4. The fourth-order valence-corrected chi connectivity index (χ4v) is 1.25. The van der Waals surface area contributed by atoms with Crippen LogP contribution in [0.2, 0.25) is 0 Å². The minimum atomic E-state index is -1.05. The first-order chi connectivity index (χ1) is 8.58. The van der Waals surface area contributed by atoms with Crippen LogP contribution in [0.4, 0.5) is 18.9 Å². The van der Waals surface area contributed by atoms with E-state index in [-0.39, 0.29) is 5.96 Å². The Labute approximate surface area is 103 Å². The number of anilines is 1. The number of rotatable bonds is 4. The number of nitrogens with two attached hydrogens (primary N) is 1. The summed E-state index contributed by atoms with van der Waals surface area (Å²) in [6.45, 7) is 2.45. The van der Waals surface area contributed by atoms with E-state index in [0.29, 0.717) is 18.7 Å². The first-order valence-electron chi connectivity index (χ1n) is 5.51. The Kier molecular flexibility index (Phi) is 5.44. The van der Waals surface area contributed by atoms with Crippen LogP contribution in [0, 0.1) is 17.5 Å². The maximum absolute atomic E-state index is 13.3. The normalized spacial score (nSPS) is 11.5. The molecule has 0 amide bonds. The van der Waals surface area contributed by atoms with E-state index in [9.17, 15) is 13.2 Å². The Morgan fingerprint density at radius 3 is 2.39 bits per heavy atom. The third kappa shape index (κ3) is 3.92. The van der Waals surface area contributed by atoms with Crippen LogP contribution in [0.15, 0.2) is 17.1 Å². The second kappa shape index (κ2) is 6.85. The Morgan fingerprint density at radius 2 is 1.89 bits per heavy atom. The number of aliphatic imine (C=N–C) groups is 1. The van der Waals surface area contributed by atoms with E-state index in [1.165, 1.54) is 0 Å². The molecule has 1 aromatic rings. The van der Waals surface area contributed by atoms with Gasteiger partial charge in [-0.25, -0.2) is 19.0 Å². The van der Waals surface area contributed by atoms with Gasteiger partial charge < -0.3 is 5.32 Å². The molecule has 0 aliphatic heterocycles. The fraction of sp³-hybridized carbons (Fsp3) is 0.364. The number of unbranched alkanes of at least 4 members (excludes halogenated alkanes) is 1. The zero-order valence-electron chi connectivity index (χ0n) is 9.93. The van der Waals surface area contributed by atoms with Crippen LogP contribution in [-0.4, -0.2) is 12.5 Å². The molecule has 0 heterocycles. The predicted octanol–water partition coefficient (Wildman–Crippen LogP) is 2.14. The second-order valence-electron chi connectivity index (χ2n) is 3.60. The summed E-state index contributed by atoms with van der Waals surface area (Å²) >= 11 is 0. The van der Waals surface area contributed by atoms with E-state index in [1.807, 2.05) is 6.92 Å². The van der Waals surface area contributed by atoms with E-state index in [0.717, 1.165) is 12.8 Å². The van der Waals surface area contributed by atoms with Gasteiger partial charge in [0.1, 0.15) is 11.5 Å². The van der Waals surface area contributed by atoms with Gasteiger partial charge in [-0.2, -0.15) is 0 Å². The molecule has 0 saturated carbocycles. The van der Waals surface area contributed by atoms with Gasteiger partial charge in [-0.05, 0) is 6.42 Å². The van der Waals surface area contributed by atoms with Gasteiger partial charge >= 0.3 is 0 Å². The topological polar surface area (TPSA) is 62.4 Å². The van der Waals surface area contributed by atoms with Gasteiger partial charge in [0.15, 0.2) is 11.6 Å². The molecule has 0 aromatic heterocycles. The number of nitrogens with one attached hydrogen (secondary N) is 2. The highest BCUT2D eigenvalue weighted by Gasteiger charge is 2.12. The van der Waals surface area contributed by atoms with Gasteiger partial charge in [0.2, 0.25) is 5.96 Å². The molecule has 4 N–H and O–H groups in total. The molecule has 4 nitrogen and oxygen atoms in total. The molecule has 0 fully saturated rings. The number of benzene rings is 1. The van der Waals surface area contributed by atoms with Gasteiger partial charge in [-0.15, -0.1) is 0 Å². The van der Waals surface area contributed by atoms with Crippen molar-refractivity contribution in [1.82, 2.24) is 5.43 Å². The number of hydrogen-bond acceptors (Lipinski definition) is 2. The van der Waals surface area contributed by atoms with Crippen molar-refractivity contribution < 1.29 is 13.2 Å². The molecular weight excluding hydrogens is 245 g/mol. The number of hydrazine groups is 1. The lowest BCUT2D eigenvalue weighted by Crippen LogP contribution is -2.37. The Morgan fingerprint density at radius 1 is 1.28 bits per heavy atom. The molecule has 18 heavy (non-hydrogen) atoms. The van der Waals surface area contributed by atoms with Gasteiger partial charge in [0.05, 0.1) is 0 Å². The lowest BCUT2D eigenvalue weighted by molar-refractivity contribution is 0.549. The minimum Gasteiger partial charge on any atom is -0.320 e. The highest BCUT2D eigenvalue weighted by Crippen LogP contribution is 2.19. The second-order valence-corrected chi connectivity index (χ2v) is 3.60. The quantitative estimate of drug-likeness (QED) is 0.255. The van der Waals surface area contributed by atoms with Crippen molar-refractivity contribution in [3.8, 4) is 0 Å². The molecule has 0 spiro atoms. The highest BCUT2D eigenvalue weighted by molar-refractivity contribution is 5.93. The van der Waals surface area contributed by atoms with E-state index in [2.05, 4.69) is 15.7 Å². The number of hydrogen-bond donors (Lipinski definition) is 3. The molecule has 0 saturated heterocycles. The zero-order valence-corrected chi connectivity index (χ0v) is 9.93. The number of nitrogens with zero attached hydrogens (tertiary/aromatic N) is 1. The molecule has 0 unspecified atom stereocenters. The molecule has 0 bridgehead atoms. The lowest BCUT2D eigenvalue weighted by Gasteiger charge is -2.10. The molecule has 0 atom stereocenters. The molecule has 0 radical (unpaired) electrons. The van der Waals surface area contributed by atoms with E-state index >= 15 is 0 Å². The van der Waals surface area contributed by atoms with Crippen molar-refractivity contribution in [3.05, 3.63) is 29.6 Å². The van der Waals surface area contributed by atoms with Crippen LogP contribution < -0.4 is 16.6 Å². The molecule has 100 valence electrons. The first kappa shape index (κ1) is 14.3. The summed E-state index contributed by atoms with van der Waals surface area (Å²) in [5, 5.41) is 2.35. The summed E-state index contributed by atoms with van der Waals surface area (Å²) in [4.78, 5) is 3.97. The van der Waals surface area contributed by atoms with Crippen molar-refractivity contribution in [2.75, 3.05) is 11.9 Å². The van der Waals surface area contributed by atoms with Crippen LogP contribution in [0.3, 0.4) is 0 Å². The van der Waals surface area contributed by atoms with Crippen molar-refractivity contribution in [2.45, 2.75) is 19.8 Å². The first-order valence-corrected chi connectivity index (χ1v) is 5.51. The van der Waals surface area contributed by atoms with Crippen LogP contribution >= 0.6 is 0 Å². The Bertz CT molecular complexity index is 411.